The van der Waals surface area contributed by atoms with E-state index in [2.05, 4.69) is 69.2 Å². The zero-order valence-electron chi connectivity index (χ0n) is 23.7. The third-order valence-electron chi connectivity index (χ3n) is 7.67. The van der Waals surface area contributed by atoms with Crippen LogP contribution in [0.5, 0.6) is 11.5 Å². The number of hydrogen-bond acceptors (Lipinski definition) is 4. The number of nitrogens with zero attached hydrogens (tertiary/aromatic N) is 2. The maximum atomic E-state index is 5.89. The molecule has 0 radical (unpaired) electrons. The molecule has 0 saturated heterocycles. The lowest BCUT2D eigenvalue weighted by atomic mass is 9.86. The van der Waals surface area contributed by atoms with Crippen molar-refractivity contribution in [1.29, 1.82) is 0 Å². The number of rotatable bonds is 4. The molecule has 0 N–H and O–H groups in total. The Bertz CT molecular complexity index is 1280. The van der Waals surface area contributed by atoms with Gasteiger partial charge in [-0.3, -0.25) is 0 Å². The Labute approximate surface area is 206 Å². The number of benzene rings is 3. The van der Waals surface area contributed by atoms with E-state index in [9.17, 15) is 0 Å². The van der Waals surface area contributed by atoms with Crippen LogP contribution in [0.1, 0.15) is 69.5 Å². The average molecular weight is 463 g/mol. The van der Waals surface area contributed by atoms with Crippen LogP contribution in [-0.2, 0) is 0 Å². The molecular weight excluding hydrogens is 420 g/mol. The van der Waals surface area contributed by atoms with Gasteiger partial charge in [0, 0.05) is 5.39 Å². The molecule has 3 aromatic rings. The second-order valence-electron chi connectivity index (χ2n) is 8.96. The van der Waals surface area contributed by atoms with Gasteiger partial charge in [-0.2, -0.15) is 0 Å². The van der Waals surface area contributed by atoms with Gasteiger partial charge in [0.2, 0.25) is 0 Å². The number of hydrogen-bond donors (Lipinski definition) is 0. The van der Waals surface area contributed by atoms with Gasteiger partial charge < -0.3 is 9.47 Å². The van der Waals surface area contributed by atoms with Crippen LogP contribution in [0, 0.1) is 69.2 Å². The zero-order valence-corrected chi connectivity index (χ0v) is 23.7. The molecule has 184 valence electrons. The number of fused-ring (bicyclic) bond motifs is 1. The van der Waals surface area contributed by atoms with Crippen LogP contribution in [-0.4, -0.2) is 14.2 Å². The largest absolute Gasteiger partial charge is 0.494 e. The van der Waals surface area contributed by atoms with E-state index in [4.69, 9.17) is 19.7 Å². The highest BCUT2D eigenvalue weighted by atomic mass is 16.5. The lowest BCUT2D eigenvalue weighted by molar-refractivity contribution is 0.411. The fourth-order valence-electron chi connectivity index (χ4n) is 4.80. The van der Waals surface area contributed by atoms with Gasteiger partial charge in [-0.1, -0.05) is 13.8 Å². The Kier molecular flexibility index (Phi) is 8.52. The number of azo groups is 1. The van der Waals surface area contributed by atoms with Gasteiger partial charge in [0.05, 0.1) is 14.2 Å². The maximum absolute atomic E-state index is 5.89. The van der Waals surface area contributed by atoms with E-state index in [0.717, 1.165) is 45.0 Å². The summed E-state index contributed by atoms with van der Waals surface area (Å²) in [7, 11) is 3.41. The van der Waals surface area contributed by atoms with Crippen LogP contribution < -0.4 is 9.47 Å². The third kappa shape index (κ3) is 4.19. The van der Waals surface area contributed by atoms with E-state index in [-0.39, 0.29) is 0 Å². The summed E-state index contributed by atoms with van der Waals surface area (Å²) in [6.07, 6.45) is 0. The Morgan fingerprint density at radius 1 is 0.382 bits per heavy atom. The molecule has 0 aliphatic heterocycles. The van der Waals surface area contributed by atoms with E-state index < -0.39 is 0 Å². The van der Waals surface area contributed by atoms with Crippen LogP contribution in [0.15, 0.2) is 10.2 Å². The standard InChI is InChI=1S/C28H36N2O2.C2H6/c1-13-14(2)18(6)24-23(17(13)5)19(7)22(10)28(32-12)26(24)30-29-25-20(8)15(3)16(4)21(9)27(25)31-11;1-2/h1-12H3;1-2H3. The van der Waals surface area contributed by atoms with Crippen molar-refractivity contribution in [3.05, 3.63) is 55.6 Å². The van der Waals surface area contributed by atoms with Gasteiger partial charge in [0.1, 0.15) is 22.9 Å². The smallest absolute Gasteiger partial charge is 0.150 e. The molecule has 0 aromatic heterocycles. The molecule has 34 heavy (non-hydrogen) atoms. The summed E-state index contributed by atoms with van der Waals surface area (Å²) in [6.45, 7) is 25.4. The van der Waals surface area contributed by atoms with Crippen LogP contribution in [0.25, 0.3) is 10.8 Å². The molecule has 3 rings (SSSR count). The molecule has 0 aliphatic carbocycles. The number of ether oxygens (including phenoxy) is 2. The van der Waals surface area contributed by atoms with Gasteiger partial charge >= 0.3 is 0 Å². The summed E-state index contributed by atoms with van der Waals surface area (Å²) in [5.41, 5.74) is 13.6. The first-order valence-corrected chi connectivity index (χ1v) is 12.1. The Hall–Kier alpha value is -2.88. The third-order valence-corrected chi connectivity index (χ3v) is 7.67. The van der Waals surface area contributed by atoms with E-state index in [1.165, 1.54) is 44.3 Å². The molecule has 4 nitrogen and oxygen atoms in total. The van der Waals surface area contributed by atoms with E-state index in [1.54, 1.807) is 14.2 Å². The molecule has 0 bridgehead atoms. The number of aryl methyl sites for hydroxylation is 3. The molecule has 0 saturated carbocycles. The van der Waals surface area contributed by atoms with Crippen molar-refractivity contribution >= 4 is 22.1 Å². The summed E-state index contributed by atoms with van der Waals surface area (Å²) in [5.74, 6) is 1.56. The Balaban J connectivity index is 0.00000199. The summed E-state index contributed by atoms with van der Waals surface area (Å²) >= 11 is 0. The quantitative estimate of drug-likeness (QED) is 0.362. The molecule has 4 heteroatoms. The van der Waals surface area contributed by atoms with E-state index in [0.29, 0.717) is 0 Å². The summed E-state index contributed by atoms with van der Waals surface area (Å²) in [6, 6.07) is 0. The van der Waals surface area contributed by atoms with Gasteiger partial charge in [-0.05, 0) is 130 Å². The predicted molar refractivity (Wildman–Crippen MR) is 146 cm³/mol. The van der Waals surface area contributed by atoms with E-state index in [1.807, 2.05) is 13.8 Å². The van der Waals surface area contributed by atoms with Crippen LogP contribution >= 0.6 is 0 Å². The molecule has 0 heterocycles. The molecule has 3 aromatic carbocycles. The lowest BCUT2D eigenvalue weighted by Crippen LogP contribution is -2.00. The normalized spacial score (nSPS) is 11.1. The SMILES string of the molecule is CC.COc1c(C)c(C)c(C)c(C)c1N=Nc1c(OC)c(C)c(C)c2c(C)c(C)c(C)c(C)c12. The molecule has 0 unspecified atom stereocenters. The molecular formula is C30H42N2O2. The number of methoxy groups -OCH3 is 2. The lowest BCUT2D eigenvalue weighted by Gasteiger charge is -2.21. The van der Waals surface area contributed by atoms with Crippen molar-refractivity contribution in [1.82, 2.24) is 0 Å². The van der Waals surface area contributed by atoms with Crippen molar-refractivity contribution in [3.63, 3.8) is 0 Å². The van der Waals surface area contributed by atoms with Crippen LogP contribution in [0.2, 0.25) is 0 Å². The summed E-state index contributed by atoms with van der Waals surface area (Å²) < 4.78 is 11.6. The fraction of sp³-hybridized carbons (Fsp3) is 0.467. The van der Waals surface area contributed by atoms with Gasteiger partial charge in [-0.15, -0.1) is 10.2 Å². The summed E-state index contributed by atoms with van der Waals surface area (Å²) in [4.78, 5) is 0. The van der Waals surface area contributed by atoms with Gasteiger partial charge in [0.25, 0.3) is 0 Å². The molecule has 0 atom stereocenters. The van der Waals surface area contributed by atoms with Gasteiger partial charge in [-0.25, -0.2) is 0 Å². The van der Waals surface area contributed by atoms with Crippen molar-refractivity contribution in [2.45, 2.75) is 83.1 Å². The van der Waals surface area contributed by atoms with Crippen molar-refractivity contribution < 1.29 is 9.47 Å². The Morgan fingerprint density at radius 2 is 0.706 bits per heavy atom. The molecule has 0 amide bonds. The first-order chi connectivity index (χ1) is 16.0. The second-order valence-corrected chi connectivity index (χ2v) is 8.96. The zero-order chi connectivity index (χ0) is 26.1. The monoisotopic (exact) mass is 462 g/mol. The summed E-state index contributed by atoms with van der Waals surface area (Å²) in [5, 5.41) is 12.0. The topological polar surface area (TPSA) is 43.2 Å². The molecule has 0 fully saturated rings. The minimum atomic E-state index is 0.778. The second kappa shape index (κ2) is 10.6. The van der Waals surface area contributed by atoms with Crippen molar-refractivity contribution in [2.24, 2.45) is 10.2 Å². The van der Waals surface area contributed by atoms with Crippen molar-refractivity contribution in [3.8, 4) is 11.5 Å². The fourth-order valence-corrected chi connectivity index (χ4v) is 4.80. The van der Waals surface area contributed by atoms with E-state index >= 15 is 0 Å². The average Bonchev–Trinajstić information content (AvgIpc) is 2.84. The van der Waals surface area contributed by atoms with Gasteiger partial charge in [0.15, 0.2) is 0 Å². The first-order valence-electron chi connectivity index (χ1n) is 12.1. The maximum Gasteiger partial charge on any atom is 0.150 e. The highest BCUT2D eigenvalue weighted by Crippen LogP contribution is 2.47. The van der Waals surface area contributed by atoms with Crippen LogP contribution in [0.4, 0.5) is 11.4 Å². The minimum Gasteiger partial charge on any atom is -0.494 e. The molecule has 0 spiro atoms. The minimum absolute atomic E-state index is 0.778. The molecule has 0 aliphatic rings. The highest BCUT2D eigenvalue weighted by molar-refractivity contribution is 6.04. The highest BCUT2D eigenvalue weighted by Gasteiger charge is 2.22. The van der Waals surface area contributed by atoms with Crippen molar-refractivity contribution in [2.75, 3.05) is 14.2 Å². The predicted octanol–water partition coefficient (Wildman–Crippen LogP) is 9.38. The Morgan fingerprint density at radius 3 is 1.21 bits per heavy atom. The first kappa shape index (κ1) is 27.4. The van der Waals surface area contributed by atoms with Crippen LogP contribution in [0.3, 0.4) is 0 Å².